The SMILES string of the molecule is CCN(CC)CCCN1C(=O)C(=O)C(=C(O)c2ccc3c(c2)C[C@H](C)O3)[C@@H]1c1ccc(OCCC(C)C)c(OC)c1. The number of likely N-dealkylation sites (tertiary alicyclic amines) is 1. The molecule has 0 bridgehead atoms. The van der Waals surface area contributed by atoms with E-state index in [-0.39, 0.29) is 17.4 Å². The zero-order valence-electron chi connectivity index (χ0n) is 25.2. The summed E-state index contributed by atoms with van der Waals surface area (Å²) in [6.07, 6.45) is 2.37. The summed E-state index contributed by atoms with van der Waals surface area (Å²) in [7, 11) is 1.57. The molecule has 4 rings (SSSR count). The number of ketones is 1. The molecule has 8 heteroatoms. The second kappa shape index (κ2) is 13.4. The molecule has 1 fully saturated rings. The minimum absolute atomic E-state index is 0.0486. The molecule has 0 radical (unpaired) electrons. The lowest BCUT2D eigenvalue weighted by Crippen LogP contribution is -2.33. The number of rotatable bonds is 13. The van der Waals surface area contributed by atoms with Crippen LogP contribution in [0, 0.1) is 5.92 Å². The van der Waals surface area contributed by atoms with Gasteiger partial charge in [-0.25, -0.2) is 0 Å². The van der Waals surface area contributed by atoms with Gasteiger partial charge in [-0.3, -0.25) is 9.59 Å². The van der Waals surface area contributed by atoms with E-state index in [0.29, 0.717) is 48.1 Å². The summed E-state index contributed by atoms with van der Waals surface area (Å²) in [5.74, 6) is 0.928. The first kappa shape index (κ1) is 30.4. The molecule has 0 saturated carbocycles. The zero-order chi connectivity index (χ0) is 29.7. The van der Waals surface area contributed by atoms with Crippen molar-refractivity contribution in [3.8, 4) is 17.2 Å². The van der Waals surface area contributed by atoms with Gasteiger partial charge in [-0.2, -0.15) is 0 Å². The van der Waals surface area contributed by atoms with Crippen LogP contribution in [0.1, 0.15) is 70.2 Å². The Hall–Kier alpha value is -3.52. The van der Waals surface area contributed by atoms with Gasteiger partial charge in [0.05, 0.1) is 25.3 Å². The number of hydrogen-bond acceptors (Lipinski definition) is 7. The Morgan fingerprint density at radius 2 is 1.88 bits per heavy atom. The molecule has 0 spiro atoms. The van der Waals surface area contributed by atoms with Gasteiger partial charge in [0.2, 0.25) is 0 Å². The number of aliphatic hydroxyl groups is 1. The van der Waals surface area contributed by atoms with E-state index in [2.05, 4.69) is 32.6 Å². The van der Waals surface area contributed by atoms with Crippen LogP contribution in [0.3, 0.4) is 0 Å². The largest absolute Gasteiger partial charge is 0.507 e. The minimum atomic E-state index is -0.756. The Kier molecular flexibility index (Phi) is 9.97. The van der Waals surface area contributed by atoms with Crippen LogP contribution in [0.15, 0.2) is 42.0 Å². The molecule has 2 aliphatic heterocycles. The van der Waals surface area contributed by atoms with Crippen molar-refractivity contribution in [2.45, 2.75) is 66.0 Å². The summed E-state index contributed by atoms with van der Waals surface area (Å²) >= 11 is 0. The third-order valence-electron chi connectivity index (χ3n) is 7.93. The number of hydrogen-bond donors (Lipinski definition) is 1. The number of nitrogens with zero attached hydrogens (tertiary/aromatic N) is 2. The smallest absolute Gasteiger partial charge is 0.295 e. The predicted octanol–water partition coefficient (Wildman–Crippen LogP) is 5.60. The van der Waals surface area contributed by atoms with Gasteiger partial charge in [0, 0.05) is 18.5 Å². The molecule has 222 valence electrons. The summed E-state index contributed by atoms with van der Waals surface area (Å²) in [6.45, 7) is 14.0. The summed E-state index contributed by atoms with van der Waals surface area (Å²) in [6, 6.07) is 10.1. The highest BCUT2D eigenvalue weighted by molar-refractivity contribution is 6.46. The normalized spacial score (nSPS) is 19.7. The lowest BCUT2D eigenvalue weighted by atomic mass is 9.94. The van der Waals surface area contributed by atoms with Crippen molar-refractivity contribution in [3.05, 3.63) is 58.7 Å². The van der Waals surface area contributed by atoms with Gasteiger partial charge < -0.3 is 29.1 Å². The van der Waals surface area contributed by atoms with Crippen molar-refractivity contribution in [1.82, 2.24) is 9.80 Å². The first-order valence-electron chi connectivity index (χ1n) is 14.8. The number of aliphatic hydroxyl groups excluding tert-OH is 1. The average molecular weight is 565 g/mol. The Bertz CT molecular complexity index is 1280. The van der Waals surface area contributed by atoms with Gasteiger partial charge in [0.25, 0.3) is 11.7 Å². The molecule has 2 atom stereocenters. The molecule has 2 aliphatic rings. The Morgan fingerprint density at radius 3 is 2.56 bits per heavy atom. The highest BCUT2D eigenvalue weighted by atomic mass is 16.5. The number of carbonyl (C=O) groups is 2. The Labute approximate surface area is 243 Å². The molecule has 8 nitrogen and oxygen atoms in total. The predicted molar refractivity (Wildman–Crippen MR) is 160 cm³/mol. The first-order chi connectivity index (χ1) is 19.7. The topological polar surface area (TPSA) is 88.5 Å². The van der Waals surface area contributed by atoms with E-state index in [1.165, 1.54) is 0 Å². The number of benzene rings is 2. The van der Waals surface area contributed by atoms with E-state index in [4.69, 9.17) is 14.2 Å². The van der Waals surface area contributed by atoms with Crippen molar-refractivity contribution >= 4 is 17.4 Å². The summed E-state index contributed by atoms with van der Waals surface area (Å²) in [4.78, 5) is 30.9. The van der Waals surface area contributed by atoms with Gasteiger partial charge in [0.15, 0.2) is 11.5 Å². The first-order valence-corrected chi connectivity index (χ1v) is 14.8. The van der Waals surface area contributed by atoms with Crippen LogP contribution in [-0.4, -0.2) is 72.6 Å². The van der Waals surface area contributed by atoms with Crippen LogP contribution in [-0.2, 0) is 16.0 Å². The molecule has 1 amide bonds. The van der Waals surface area contributed by atoms with Gasteiger partial charge >= 0.3 is 0 Å². The molecule has 0 aliphatic carbocycles. The summed E-state index contributed by atoms with van der Waals surface area (Å²) < 4.78 is 17.5. The van der Waals surface area contributed by atoms with Crippen LogP contribution in [0.4, 0.5) is 0 Å². The van der Waals surface area contributed by atoms with Crippen molar-refractivity contribution in [2.75, 3.05) is 39.9 Å². The highest BCUT2D eigenvalue weighted by Gasteiger charge is 2.46. The van der Waals surface area contributed by atoms with Gasteiger partial charge in [-0.1, -0.05) is 33.8 Å². The maximum Gasteiger partial charge on any atom is 0.295 e. The monoisotopic (exact) mass is 564 g/mol. The summed E-state index contributed by atoms with van der Waals surface area (Å²) in [5.41, 5.74) is 2.23. The second-order valence-electron chi connectivity index (χ2n) is 11.3. The fraction of sp³-hybridized carbons (Fsp3) is 0.515. The summed E-state index contributed by atoms with van der Waals surface area (Å²) in [5, 5.41) is 11.6. The van der Waals surface area contributed by atoms with Crippen molar-refractivity contribution < 1.29 is 28.9 Å². The third-order valence-corrected chi connectivity index (χ3v) is 7.93. The molecule has 2 aromatic carbocycles. The van der Waals surface area contributed by atoms with Crippen LogP contribution < -0.4 is 14.2 Å². The Morgan fingerprint density at radius 1 is 1.12 bits per heavy atom. The molecule has 0 unspecified atom stereocenters. The number of ether oxygens (including phenoxy) is 3. The van der Waals surface area contributed by atoms with Crippen molar-refractivity contribution in [3.63, 3.8) is 0 Å². The lowest BCUT2D eigenvalue weighted by Gasteiger charge is -2.27. The highest BCUT2D eigenvalue weighted by Crippen LogP contribution is 2.43. The quantitative estimate of drug-likeness (QED) is 0.193. The number of carbonyl (C=O) groups excluding carboxylic acids is 2. The molecule has 41 heavy (non-hydrogen) atoms. The molecule has 2 heterocycles. The van der Waals surface area contributed by atoms with Gasteiger partial charge in [0.1, 0.15) is 17.6 Å². The standard InChI is InChI=1S/C33H44N2O6/c1-7-34(8-2)15-9-16-35-30(23-10-13-27(28(20-23)39-6)40-17-14-21(3)4)29(32(37)33(35)38)31(36)24-11-12-26-25(19-24)18-22(5)41-26/h10-13,19-22,30,36H,7-9,14-18H2,1-6H3/t22-,30-/m0/s1. The number of methoxy groups -OCH3 is 1. The van der Waals surface area contributed by atoms with E-state index in [1.807, 2.05) is 37.3 Å². The maximum atomic E-state index is 13.5. The Balaban J connectivity index is 1.74. The average Bonchev–Trinajstić information content (AvgIpc) is 3.45. The fourth-order valence-electron chi connectivity index (χ4n) is 5.56. The van der Waals surface area contributed by atoms with Gasteiger partial charge in [-0.05, 0) is 86.8 Å². The van der Waals surface area contributed by atoms with Crippen LogP contribution in [0.25, 0.3) is 5.76 Å². The molecular weight excluding hydrogens is 520 g/mol. The number of amides is 1. The van der Waals surface area contributed by atoms with Crippen LogP contribution in [0.5, 0.6) is 17.2 Å². The van der Waals surface area contributed by atoms with Crippen LogP contribution >= 0.6 is 0 Å². The molecule has 2 aromatic rings. The molecule has 0 aromatic heterocycles. The maximum absolute atomic E-state index is 13.5. The van der Waals surface area contributed by atoms with E-state index in [9.17, 15) is 14.7 Å². The van der Waals surface area contributed by atoms with Crippen molar-refractivity contribution in [1.29, 1.82) is 0 Å². The van der Waals surface area contributed by atoms with E-state index in [0.717, 1.165) is 43.8 Å². The molecule has 1 saturated heterocycles. The minimum Gasteiger partial charge on any atom is -0.507 e. The number of Topliss-reactive ketones (excluding diaryl/α,β-unsaturated/α-hetero) is 1. The van der Waals surface area contributed by atoms with E-state index < -0.39 is 17.7 Å². The van der Waals surface area contributed by atoms with E-state index >= 15 is 0 Å². The third kappa shape index (κ3) is 6.70. The van der Waals surface area contributed by atoms with E-state index in [1.54, 1.807) is 18.1 Å². The van der Waals surface area contributed by atoms with Crippen molar-refractivity contribution in [2.24, 2.45) is 5.92 Å². The number of fused-ring (bicyclic) bond motifs is 1. The fourth-order valence-corrected chi connectivity index (χ4v) is 5.56. The van der Waals surface area contributed by atoms with Gasteiger partial charge in [-0.15, -0.1) is 0 Å². The lowest BCUT2D eigenvalue weighted by molar-refractivity contribution is -0.140. The molecular formula is C33H44N2O6. The second-order valence-corrected chi connectivity index (χ2v) is 11.3. The zero-order valence-corrected chi connectivity index (χ0v) is 25.2. The van der Waals surface area contributed by atoms with Crippen LogP contribution in [0.2, 0.25) is 0 Å². The molecule has 1 N–H and O–H groups in total.